The molecule has 1 aromatic heterocycles. The van der Waals surface area contributed by atoms with E-state index < -0.39 is 0 Å². The highest BCUT2D eigenvalue weighted by Gasteiger charge is 2.15. The molecule has 1 atom stereocenters. The highest BCUT2D eigenvalue weighted by Crippen LogP contribution is 2.08. The standard InChI is InChI=1S/C9H16N4/c1-7-11-8(2)13(12-7)6-9-4-3-5-10-9/h9-10H,3-6H2,1-2H3. The van der Waals surface area contributed by atoms with Gasteiger partial charge in [0.2, 0.25) is 0 Å². The molecule has 0 saturated carbocycles. The van der Waals surface area contributed by atoms with Gasteiger partial charge in [-0.1, -0.05) is 0 Å². The van der Waals surface area contributed by atoms with Crippen LogP contribution in [0.15, 0.2) is 0 Å². The summed E-state index contributed by atoms with van der Waals surface area (Å²) in [6.45, 7) is 6.06. The third-order valence-electron chi connectivity index (χ3n) is 2.52. The lowest BCUT2D eigenvalue weighted by Gasteiger charge is -2.10. The number of nitrogens with one attached hydrogen (secondary N) is 1. The summed E-state index contributed by atoms with van der Waals surface area (Å²) in [5.41, 5.74) is 0. The Hall–Kier alpha value is -0.900. The van der Waals surface area contributed by atoms with Crippen LogP contribution in [0.4, 0.5) is 0 Å². The monoisotopic (exact) mass is 180 g/mol. The molecule has 1 aromatic rings. The summed E-state index contributed by atoms with van der Waals surface area (Å²) in [6.07, 6.45) is 2.55. The quantitative estimate of drug-likeness (QED) is 0.726. The van der Waals surface area contributed by atoms with Crippen LogP contribution in [-0.4, -0.2) is 27.4 Å². The highest BCUT2D eigenvalue weighted by atomic mass is 15.3. The Morgan fingerprint density at radius 2 is 2.38 bits per heavy atom. The first-order valence-corrected chi connectivity index (χ1v) is 4.87. The molecule has 0 aliphatic carbocycles. The SMILES string of the molecule is Cc1nc(C)n(CC2CCCN2)n1. The van der Waals surface area contributed by atoms with Crippen molar-refractivity contribution >= 4 is 0 Å². The smallest absolute Gasteiger partial charge is 0.147 e. The Balaban J connectivity index is 2.03. The van der Waals surface area contributed by atoms with Crippen molar-refractivity contribution in [3.05, 3.63) is 11.6 Å². The van der Waals surface area contributed by atoms with E-state index in [1.54, 1.807) is 0 Å². The molecular formula is C9H16N4. The summed E-state index contributed by atoms with van der Waals surface area (Å²) < 4.78 is 2.00. The number of aryl methyl sites for hydroxylation is 2. The lowest BCUT2D eigenvalue weighted by molar-refractivity contribution is 0.466. The fourth-order valence-corrected chi connectivity index (χ4v) is 1.86. The zero-order chi connectivity index (χ0) is 9.26. The molecular weight excluding hydrogens is 164 g/mol. The van der Waals surface area contributed by atoms with Crippen molar-refractivity contribution in [2.75, 3.05) is 6.54 Å². The average Bonchev–Trinajstić information content (AvgIpc) is 2.63. The minimum Gasteiger partial charge on any atom is -0.312 e. The molecule has 1 aliphatic rings. The van der Waals surface area contributed by atoms with Gasteiger partial charge >= 0.3 is 0 Å². The van der Waals surface area contributed by atoms with Crippen molar-refractivity contribution < 1.29 is 0 Å². The summed E-state index contributed by atoms with van der Waals surface area (Å²) in [5.74, 6) is 1.89. The van der Waals surface area contributed by atoms with Crippen LogP contribution in [0, 0.1) is 13.8 Å². The van der Waals surface area contributed by atoms with E-state index in [0.29, 0.717) is 6.04 Å². The highest BCUT2D eigenvalue weighted by molar-refractivity contribution is 4.89. The van der Waals surface area contributed by atoms with Gasteiger partial charge in [-0.15, -0.1) is 0 Å². The maximum absolute atomic E-state index is 4.34. The molecule has 0 spiro atoms. The van der Waals surface area contributed by atoms with Crippen LogP contribution < -0.4 is 5.32 Å². The molecule has 1 saturated heterocycles. The zero-order valence-electron chi connectivity index (χ0n) is 8.25. The lowest BCUT2D eigenvalue weighted by atomic mass is 10.2. The molecule has 1 aliphatic heterocycles. The van der Waals surface area contributed by atoms with Gasteiger partial charge in [0.05, 0.1) is 6.54 Å². The predicted molar refractivity (Wildman–Crippen MR) is 50.5 cm³/mol. The number of hydrogen-bond donors (Lipinski definition) is 1. The van der Waals surface area contributed by atoms with Crippen LogP contribution in [0.1, 0.15) is 24.5 Å². The van der Waals surface area contributed by atoms with E-state index in [-0.39, 0.29) is 0 Å². The van der Waals surface area contributed by atoms with Gasteiger partial charge in [0.25, 0.3) is 0 Å². The van der Waals surface area contributed by atoms with E-state index in [4.69, 9.17) is 0 Å². The molecule has 0 bridgehead atoms. The van der Waals surface area contributed by atoms with E-state index in [2.05, 4.69) is 15.4 Å². The van der Waals surface area contributed by atoms with Gasteiger partial charge in [-0.05, 0) is 33.2 Å². The minimum absolute atomic E-state index is 0.597. The molecule has 1 fully saturated rings. The van der Waals surface area contributed by atoms with Crippen molar-refractivity contribution in [2.45, 2.75) is 39.3 Å². The molecule has 2 heterocycles. The van der Waals surface area contributed by atoms with Gasteiger partial charge in [0, 0.05) is 6.04 Å². The first-order chi connectivity index (χ1) is 6.25. The largest absolute Gasteiger partial charge is 0.312 e. The Morgan fingerprint density at radius 3 is 2.92 bits per heavy atom. The van der Waals surface area contributed by atoms with Crippen molar-refractivity contribution in [2.24, 2.45) is 0 Å². The van der Waals surface area contributed by atoms with E-state index in [0.717, 1.165) is 24.7 Å². The second-order valence-electron chi connectivity index (χ2n) is 3.68. The third kappa shape index (κ3) is 1.88. The van der Waals surface area contributed by atoms with Crippen LogP contribution in [0.25, 0.3) is 0 Å². The fraction of sp³-hybridized carbons (Fsp3) is 0.778. The molecule has 1 N–H and O–H groups in total. The summed E-state index contributed by atoms with van der Waals surface area (Å²) in [5, 5.41) is 7.79. The maximum atomic E-state index is 4.34. The van der Waals surface area contributed by atoms with Crippen LogP contribution in [-0.2, 0) is 6.54 Å². The van der Waals surface area contributed by atoms with Crippen LogP contribution in [0.3, 0.4) is 0 Å². The summed E-state index contributed by atoms with van der Waals surface area (Å²) >= 11 is 0. The minimum atomic E-state index is 0.597. The molecule has 13 heavy (non-hydrogen) atoms. The number of nitrogens with zero attached hydrogens (tertiary/aromatic N) is 3. The molecule has 2 rings (SSSR count). The third-order valence-corrected chi connectivity index (χ3v) is 2.52. The van der Waals surface area contributed by atoms with Crippen molar-refractivity contribution in [1.29, 1.82) is 0 Å². The topological polar surface area (TPSA) is 42.7 Å². The van der Waals surface area contributed by atoms with E-state index >= 15 is 0 Å². The molecule has 4 heteroatoms. The van der Waals surface area contributed by atoms with Gasteiger partial charge in [-0.2, -0.15) is 5.10 Å². The van der Waals surface area contributed by atoms with Crippen molar-refractivity contribution in [1.82, 2.24) is 20.1 Å². The normalized spacial score (nSPS) is 22.5. The second kappa shape index (κ2) is 3.46. The molecule has 0 amide bonds. The lowest BCUT2D eigenvalue weighted by Crippen LogP contribution is -2.27. The Labute approximate surface area is 78.4 Å². The average molecular weight is 180 g/mol. The molecule has 0 radical (unpaired) electrons. The van der Waals surface area contributed by atoms with Crippen molar-refractivity contribution in [3.63, 3.8) is 0 Å². The van der Waals surface area contributed by atoms with Crippen LogP contribution >= 0.6 is 0 Å². The zero-order valence-corrected chi connectivity index (χ0v) is 8.25. The predicted octanol–water partition coefficient (Wildman–Crippen LogP) is 0.647. The molecule has 1 unspecified atom stereocenters. The van der Waals surface area contributed by atoms with Crippen LogP contribution in [0.5, 0.6) is 0 Å². The Kier molecular flexibility index (Phi) is 2.31. The molecule has 0 aromatic carbocycles. The fourth-order valence-electron chi connectivity index (χ4n) is 1.86. The summed E-state index contributed by atoms with van der Waals surface area (Å²) in [7, 11) is 0. The van der Waals surface area contributed by atoms with E-state index in [9.17, 15) is 0 Å². The van der Waals surface area contributed by atoms with Gasteiger partial charge in [-0.25, -0.2) is 9.67 Å². The number of hydrogen-bond acceptors (Lipinski definition) is 3. The van der Waals surface area contributed by atoms with E-state index in [1.807, 2.05) is 18.5 Å². The van der Waals surface area contributed by atoms with Gasteiger partial charge in [0.15, 0.2) is 0 Å². The van der Waals surface area contributed by atoms with Gasteiger partial charge in [0.1, 0.15) is 11.6 Å². The van der Waals surface area contributed by atoms with E-state index in [1.165, 1.54) is 12.8 Å². The summed E-state index contributed by atoms with van der Waals surface area (Å²) in [4.78, 5) is 4.28. The number of aromatic nitrogens is 3. The Morgan fingerprint density at radius 1 is 1.54 bits per heavy atom. The summed E-state index contributed by atoms with van der Waals surface area (Å²) in [6, 6.07) is 0.597. The Bertz CT molecular complexity index is 286. The molecule has 72 valence electrons. The van der Waals surface area contributed by atoms with Crippen LogP contribution in [0.2, 0.25) is 0 Å². The van der Waals surface area contributed by atoms with Gasteiger partial charge < -0.3 is 5.32 Å². The molecule has 4 nitrogen and oxygen atoms in total. The first kappa shape index (κ1) is 8.69. The number of rotatable bonds is 2. The van der Waals surface area contributed by atoms with Crippen molar-refractivity contribution in [3.8, 4) is 0 Å². The first-order valence-electron chi connectivity index (χ1n) is 4.87. The maximum Gasteiger partial charge on any atom is 0.147 e. The second-order valence-corrected chi connectivity index (χ2v) is 3.68. The van der Waals surface area contributed by atoms with Gasteiger partial charge in [-0.3, -0.25) is 0 Å².